The molecule has 1 heterocycles. The number of allylic oxidation sites excluding steroid dienone is 4. The molecule has 1 fully saturated rings. The second-order valence-corrected chi connectivity index (χ2v) is 19.9. The van der Waals surface area contributed by atoms with Gasteiger partial charge in [-0.1, -0.05) is 63.3 Å². The topological polar surface area (TPSA) is 173 Å². The van der Waals surface area contributed by atoms with Gasteiger partial charge in [-0.25, -0.2) is 4.79 Å². The van der Waals surface area contributed by atoms with Crippen LogP contribution in [0.1, 0.15) is 206 Å². The van der Waals surface area contributed by atoms with Gasteiger partial charge in [-0.2, -0.15) is 0 Å². The lowest BCUT2D eigenvalue weighted by atomic mass is 9.96. The van der Waals surface area contributed by atoms with Crippen LogP contribution in [0.5, 0.6) is 0 Å². The molecule has 1 atom stereocenters. The Labute approximate surface area is 441 Å². The highest BCUT2D eigenvalue weighted by molar-refractivity contribution is 5.71. The summed E-state index contributed by atoms with van der Waals surface area (Å²) in [5, 5.41) is 2.86. The molecule has 14 nitrogen and oxygen atoms in total. The Morgan fingerprint density at radius 2 is 0.822 bits per heavy atom. The standard InChI is InChI=1S/C59H100N2O12/c1-6-11-16-23-34-53(73-59(67)60-41-44-61-42-28-29-43-61)39-40-58(66)72-49-52(47-70-56(64)37-26-17-24-35-54(62)68-45-50(30-19-12-7-2)31-20-13-8-3)48-71-57(65)38-27-18-25-36-55(63)69-46-51(32-21-14-9-4)33-22-15-10-5/h7-10,50-53H,2-6,11-49H2,1H3,(H,60,67). The minimum atomic E-state index is -0.612. The number of nitrogens with one attached hydrogen (secondary N) is 1. The molecular weight excluding hydrogens is 929 g/mol. The van der Waals surface area contributed by atoms with Crippen LogP contribution in [0.2, 0.25) is 0 Å². The molecule has 0 aromatic heterocycles. The molecule has 1 rings (SSSR count). The highest BCUT2D eigenvalue weighted by atomic mass is 16.6. The van der Waals surface area contributed by atoms with Crippen molar-refractivity contribution in [3.63, 3.8) is 0 Å². The Hall–Kier alpha value is -4.46. The van der Waals surface area contributed by atoms with Crippen molar-refractivity contribution in [1.29, 1.82) is 0 Å². The molecule has 0 radical (unpaired) electrons. The summed E-state index contributed by atoms with van der Waals surface area (Å²) >= 11 is 0. The molecule has 0 aromatic rings. The van der Waals surface area contributed by atoms with Crippen LogP contribution in [0, 0.1) is 17.8 Å². The second kappa shape index (κ2) is 47.3. The van der Waals surface area contributed by atoms with Crippen molar-refractivity contribution in [2.24, 2.45) is 17.8 Å². The number of amides is 1. The van der Waals surface area contributed by atoms with Crippen molar-refractivity contribution >= 4 is 35.9 Å². The van der Waals surface area contributed by atoms with Gasteiger partial charge in [0.1, 0.15) is 25.9 Å². The van der Waals surface area contributed by atoms with Crippen LogP contribution in [0.25, 0.3) is 0 Å². The first-order valence-corrected chi connectivity index (χ1v) is 28.4. The first-order valence-electron chi connectivity index (χ1n) is 28.4. The zero-order valence-corrected chi connectivity index (χ0v) is 45.6. The van der Waals surface area contributed by atoms with E-state index in [9.17, 15) is 28.8 Å². The fraction of sp³-hybridized carbons (Fsp3) is 0.763. The predicted octanol–water partition coefficient (Wildman–Crippen LogP) is 12.8. The molecule has 1 amide bonds. The van der Waals surface area contributed by atoms with Gasteiger partial charge in [0, 0.05) is 45.2 Å². The number of carbonyl (C=O) groups is 6. The van der Waals surface area contributed by atoms with Crippen molar-refractivity contribution in [3.05, 3.63) is 50.6 Å². The molecule has 14 heteroatoms. The number of unbranched alkanes of at least 4 members (excludes halogenated alkanes) is 11. The second-order valence-electron chi connectivity index (χ2n) is 19.9. The highest BCUT2D eigenvalue weighted by Gasteiger charge is 2.22. The van der Waals surface area contributed by atoms with E-state index < -0.39 is 36.0 Å². The van der Waals surface area contributed by atoms with Gasteiger partial charge in [-0.3, -0.25) is 24.0 Å². The number of hydrogen-bond acceptors (Lipinski definition) is 13. The van der Waals surface area contributed by atoms with Gasteiger partial charge in [0.05, 0.1) is 19.1 Å². The summed E-state index contributed by atoms with van der Waals surface area (Å²) in [6.45, 7) is 21.1. The summed E-state index contributed by atoms with van der Waals surface area (Å²) in [6, 6.07) is 0. The van der Waals surface area contributed by atoms with E-state index >= 15 is 0 Å². The van der Waals surface area contributed by atoms with Crippen molar-refractivity contribution in [3.8, 4) is 0 Å². The maximum absolute atomic E-state index is 13.1. The number of rotatable bonds is 50. The molecule has 1 unspecified atom stereocenters. The lowest BCUT2D eigenvalue weighted by Gasteiger charge is -2.20. The van der Waals surface area contributed by atoms with Crippen LogP contribution in [0.15, 0.2) is 50.6 Å². The number of nitrogens with zero attached hydrogens (tertiary/aromatic N) is 1. The lowest BCUT2D eigenvalue weighted by molar-refractivity contribution is -0.154. The summed E-state index contributed by atoms with van der Waals surface area (Å²) in [7, 11) is 0. The minimum Gasteiger partial charge on any atom is -0.465 e. The average Bonchev–Trinajstić information content (AvgIpc) is 3.90. The van der Waals surface area contributed by atoms with Crippen molar-refractivity contribution < 1.29 is 57.2 Å². The third kappa shape index (κ3) is 40.6. The molecule has 73 heavy (non-hydrogen) atoms. The molecule has 0 aromatic carbocycles. The number of likely N-dealkylation sites (tertiary alicyclic amines) is 1. The molecule has 1 aliphatic heterocycles. The van der Waals surface area contributed by atoms with E-state index in [1.807, 2.05) is 24.3 Å². The monoisotopic (exact) mass is 1030 g/mol. The molecule has 1 aliphatic rings. The third-order valence-electron chi connectivity index (χ3n) is 13.2. The Kier molecular flexibility index (Phi) is 43.1. The number of carbonyl (C=O) groups excluding carboxylic acids is 6. The minimum absolute atomic E-state index is 0.0188. The quantitative estimate of drug-likeness (QED) is 0.0264. The molecule has 418 valence electrons. The molecular formula is C59H100N2O12. The molecule has 0 spiro atoms. The zero-order chi connectivity index (χ0) is 53.4. The first-order chi connectivity index (χ1) is 35.5. The SMILES string of the molecule is C=CCCCC(CCCC=C)COC(=O)CCCCCC(=O)OCC(COC(=O)CCCCCC(=O)OCC(CCCC=C)CCCC=C)COC(=O)CCC(CCCCCC)OC(=O)NCCN1CCCC1. The zero-order valence-electron chi connectivity index (χ0n) is 45.6. The normalized spacial score (nSPS) is 12.8. The summed E-state index contributed by atoms with van der Waals surface area (Å²) in [5.74, 6) is -1.84. The van der Waals surface area contributed by atoms with Gasteiger partial charge in [-0.15, -0.1) is 26.3 Å². The number of esters is 5. The van der Waals surface area contributed by atoms with E-state index in [2.05, 4.69) is 43.5 Å². The molecule has 1 saturated heterocycles. The molecule has 1 N–H and O–H groups in total. The van der Waals surface area contributed by atoms with Crippen LogP contribution in [-0.2, 0) is 52.4 Å². The van der Waals surface area contributed by atoms with E-state index in [-0.39, 0.29) is 63.9 Å². The Balaban J connectivity index is 2.68. The summed E-state index contributed by atoms with van der Waals surface area (Å²) < 4.78 is 33.8. The smallest absolute Gasteiger partial charge is 0.407 e. The fourth-order valence-electron chi connectivity index (χ4n) is 8.67. The van der Waals surface area contributed by atoms with Crippen molar-refractivity contribution in [2.75, 3.05) is 59.2 Å². The van der Waals surface area contributed by atoms with E-state index in [0.29, 0.717) is 83.0 Å². The number of ether oxygens (including phenoxy) is 6. The van der Waals surface area contributed by atoms with Crippen molar-refractivity contribution in [2.45, 2.75) is 212 Å². The summed E-state index contributed by atoms with van der Waals surface area (Å²) in [4.78, 5) is 78.8. The average molecular weight is 1030 g/mol. The van der Waals surface area contributed by atoms with Crippen LogP contribution in [0.3, 0.4) is 0 Å². The maximum atomic E-state index is 13.1. The van der Waals surface area contributed by atoms with E-state index in [1.165, 1.54) is 12.8 Å². The van der Waals surface area contributed by atoms with Gasteiger partial charge in [0.2, 0.25) is 0 Å². The van der Waals surface area contributed by atoms with Gasteiger partial charge in [0.15, 0.2) is 0 Å². The predicted molar refractivity (Wildman–Crippen MR) is 290 cm³/mol. The molecule has 0 saturated carbocycles. The molecule has 0 bridgehead atoms. The van der Waals surface area contributed by atoms with E-state index in [4.69, 9.17) is 28.4 Å². The largest absolute Gasteiger partial charge is 0.465 e. The lowest BCUT2D eigenvalue weighted by Crippen LogP contribution is -2.35. The van der Waals surface area contributed by atoms with Crippen LogP contribution < -0.4 is 5.32 Å². The fourth-order valence-corrected chi connectivity index (χ4v) is 8.67. The third-order valence-corrected chi connectivity index (χ3v) is 13.2. The first kappa shape index (κ1) is 66.6. The Morgan fingerprint density at radius 1 is 0.452 bits per heavy atom. The Morgan fingerprint density at radius 3 is 1.21 bits per heavy atom. The van der Waals surface area contributed by atoms with Crippen LogP contribution >= 0.6 is 0 Å². The van der Waals surface area contributed by atoms with Gasteiger partial charge >= 0.3 is 35.9 Å². The Bertz CT molecular complexity index is 1410. The summed E-state index contributed by atoms with van der Waals surface area (Å²) in [5.41, 5.74) is 0. The van der Waals surface area contributed by atoms with Crippen molar-refractivity contribution in [1.82, 2.24) is 10.2 Å². The number of alkyl carbamates (subject to hydrolysis) is 1. The van der Waals surface area contributed by atoms with E-state index in [1.54, 1.807) is 0 Å². The van der Waals surface area contributed by atoms with Gasteiger partial charge in [0.25, 0.3) is 0 Å². The number of hydrogen-bond donors (Lipinski definition) is 1. The van der Waals surface area contributed by atoms with E-state index in [0.717, 1.165) is 122 Å². The summed E-state index contributed by atoms with van der Waals surface area (Å²) in [6.07, 6.45) is 30.1. The van der Waals surface area contributed by atoms with Gasteiger partial charge in [-0.05, 0) is 160 Å². The molecule has 0 aliphatic carbocycles. The highest BCUT2D eigenvalue weighted by Crippen LogP contribution is 2.20. The van der Waals surface area contributed by atoms with Crippen LogP contribution in [-0.4, -0.2) is 106 Å². The maximum Gasteiger partial charge on any atom is 0.407 e. The van der Waals surface area contributed by atoms with Gasteiger partial charge < -0.3 is 38.6 Å². The van der Waals surface area contributed by atoms with Crippen LogP contribution in [0.4, 0.5) is 4.79 Å².